The molecule has 0 heterocycles. The van der Waals surface area contributed by atoms with Gasteiger partial charge in [-0.25, -0.2) is 13.1 Å². The summed E-state index contributed by atoms with van der Waals surface area (Å²) in [4.78, 5) is 9.57. The van der Waals surface area contributed by atoms with Crippen LogP contribution in [0.15, 0.2) is 23.1 Å². The van der Waals surface area contributed by atoms with Crippen LogP contribution in [-0.4, -0.2) is 37.2 Å². The molecule has 0 fully saturated rings. The topological polar surface area (TPSA) is 119 Å². The van der Waals surface area contributed by atoms with Gasteiger partial charge < -0.3 is 9.84 Å². The molecule has 0 atom stereocenters. The fourth-order valence-corrected chi connectivity index (χ4v) is 2.83. The van der Waals surface area contributed by atoms with Gasteiger partial charge in [0.1, 0.15) is 0 Å². The first-order valence-electron chi connectivity index (χ1n) is 6.20. The number of phenols is 1. The van der Waals surface area contributed by atoms with Crippen LogP contribution in [-0.2, 0) is 14.8 Å². The van der Waals surface area contributed by atoms with Gasteiger partial charge in [0.15, 0.2) is 5.75 Å². The second-order valence-corrected chi connectivity index (χ2v) is 6.69. The van der Waals surface area contributed by atoms with Gasteiger partial charge in [-0.1, -0.05) is 0 Å². The van der Waals surface area contributed by atoms with E-state index in [1.165, 1.54) is 0 Å². The predicted octanol–water partition coefficient (Wildman–Crippen LogP) is 1.39. The zero-order chi connectivity index (χ0) is 16.3. The molecule has 0 aliphatic rings. The molecule has 118 valence electrons. The van der Waals surface area contributed by atoms with Crippen molar-refractivity contribution in [3.63, 3.8) is 0 Å². The van der Waals surface area contributed by atoms with Gasteiger partial charge in [-0.05, 0) is 32.9 Å². The molecule has 0 bridgehead atoms. The Kier molecular flexibility index (Phi) is 5.26. The molecule has 21 heavy (non-hydrogen) atoms. The minimum absolute atomic E-state index is 0.0118. The number of nitro benzene ring substituents is 1. The fraction of sp³-hybridized carbons (Fsp3) is 0.500. The second-order valence-electron chi connectivity index (χ2n) is 4.92. The van der Waals surface area contributed by atoms with Crippen LogP contribution in [0.3, 0.4) is 0 Å². The normalized spacial score (nSPS) is 12.3. The summed E-state index contributed by atoms with van der Waals surface area (Å²) in [6, 6.07) is 2.88. The van der Waals surface area contributed by atoms with E-state index >= 15 is 0 Å². The second kappa shape index (κ2) is 6.37. The van der Waals surface area contributed by atoms with Gasteiger partial charge >= 0.3 is 5.69 Å². The maximum absolute atomic E-state index is 12.1. The summed E-state index contributed by atoms with van der Waals surface area (Å²) in [6.45, 7) is 5.67. The Hall–Kier alpha value is -1.71. The van der Waals surface area contributed by atoms with Crippen LogP contribution in [0.1, 0.15) is 20.8 Å². The molecule has 0 saturated heterocycles. The van der Waals surface area contributed by atoms with E-state index in [0.29, 0.717) is 6.61 Å². The standard InChI is InChI=1S/C12H18N2O6S/c1-4-20-12(2,3)8-13-21(18,19)9-5-6-11(15)10(7-9)14(16)17/h5-7,13,15H,4,8H2,1-3H3. The lowest BCUT2D eigenvalue weighted by molar-refractivity contribution is -0.386. The van der Waals surface area contributed by atoms with E-state index in [1.54, 1.807) is 20.8 Å². The van der Waals surface area contributed by atoms with Crippen LogP contribution in [0, 0.1) is 10.1 Å². The van der Waals surface area contributed by atoms with Crippen molar-refractivity contribution in [2.24, 2.45) is 0 Å². The SMILES string of the molecule is CCOC(C)(C)CNS(=O)(=O)c1ccc(O)c([N+](=O)[O-])c1. The van der Waals surface area contributed by atoms with Crippen LogP contribution >= 0.6 is 0 Å². The Labute approximate surface area is 122 Å². The van der Waals surface area contributed by atoms with Crippen molar-refractivity contribution >= 4 is 15.7 Å². The summed E-state index contributed by atoms with van der Waals surface area (Å²) in [5.41, 5.74) is -1.37. The minimum Gasteiger partial charge on any atom is -0.502 e. The summed E-state index contributed by atoms with van der Waals surface area (Å²) in [5.74, 6) is -0.589. The van der Waals surface area contributed by atoms with Crippen LogP contribution in [0.2, 0.25) is 0 Å². The fourth-order valence-electron chi connectivity index (χ4n) is 1.61. The lowest BCUT2D eigenvalue weighted by Gasteiger charge is -2.24. The highest BCUT2D eigenvalue weighted by molar-refractivity contribution is 7.89. The molecule has 1 aromatic carbocycles. The van der Waals surface area contributed by atoms with Crippen molar-refractivity contribution in [2.75, 3.05) is 13.2 Å². The number of benzene rings is 1. The summed E-state index contributed by atoms with van der Waals surface area (Å²) in [7, 11) is -3.93. The summed E-state index contributed by atoms with van der Waals surface area (Å²) < 4.78 is 31.9. The Morgan fingerprint density at radius 1 is 1.43 bits per heavy atom. The van der Waals surface area contributed by atoms with Crippen molar-refractivity contribution in [1.82, 2.24) is 4.72 Å². The molecular formula is C12H18N2O6S. The number of hydrogen-bond donors (Lipinski definition) is 2. The van der Waals surface area contributed by atoms with Gasteiger partial charge in [0.25, 0.3) is 0 Å². The summed E-state index contributed by atoms with van der Waals surface area (Å²) in [5, 5.41) is 20.0. The van der Waals surface area contributed by atoms with E-state index < -0.39 is 32.0 Å². The van der Waals surface area contributed by atoms with Gasteiger partial charge in [0.2, 0.25) is 10.0 Å². The average molecular weight is 318 g/mol. The predicted molar refractivity (Wildman–Crippen MR) is 75.7 cm³/mol. The van der Waals surface area contributed by atoms with Crippen LogP contribution in [0.4, 0.5) is 5.69 Å². The molecule has 0 saturated carbocycles. The molecule has 0 aliphatic heterocycles. The number of nitro groups is 1. The first-order chi connectivity index (χ1) is 9.59. The Bertz CT molecular complexity index is 627. The number of phenolic OH excluding ortho intramolecular Hbond substituents is 1. The highest BCUT2D eigenvalue weighted by atomic mass is 32.2. The van der Waals surface area contributed by atoms with Crippen LogP contribution in [0.5, 0.6) is 5.75 Å². The van der Waals surface area contributed by atoms with Crippen molar-refractivity contribution in [3.05, 3.63) is 28.3 Å². The first kappa shape index (κ1) is 17.3. The molecular weight excluding hydrogens is 300 g/mol. The maximum Gasteiger partial charge on any atom is 0.312 e. The number of rotatable bonds is 7. The molecule has 8 nitrogen and oxygen atoms in total. The first-order valence-corrected chi connectivity index (χ1v) is 7.68. The van der Waals surface area contributed by atoms with Crippen LogP contribution in [0.25, 0.3) is 0 Å². The number of sulfonamides is 1. The van der Waals surface area contributed by atoms with Gasteiger partial charge in [-0.15, -0.1) is 0 Å². The summed E-state index contributed by atoms with van der Waals surface area (Å²) in [6.07, 6.45) is 0. The van der Waals surface area contributed by atoms with Gasteiger partial charge in [-0.3, -0.25) is 10.1 Å². The molecule has 2 N–H and O–H groups in total. The Balaban J connectivity index is 2.99. The van der Waals surface area contributed by atoms with E-state index in [0.717, 1.165) is 18.2 Å². The molecule has 0 radical (unpaired) electrons. The number of nitrogens with zero attached hydrogens (tertiary/aromatic N) is 1. The minimum atomic E-state index is -3.93. The van der Waals surface area contributed by atoms with Crippen molar-refractivity contribution < 1.29 is 23.2 Å². The van der Waals surface area contributed by atoms with E-state index in [2.05, 4.69) is 4.72 Å². The molecule has 0 amide bonds. The third-order valence-corrected chi connectivity index (χ3v) is 4.08. The van der Waals surface area contributed by atoms with Gasteiger partial charge in [0.05, 0.1) is 15.4 Å². The van der Waals surface area contributed by atoms with Crippen LogP contribution < -0.4 is 4.72 Å². The van der Waals surface area contributed by atoms with E-state index in [4.69, 9.17) is 4.74 Å². The molecule has 0 aliphatic carbocycles. The maximum atomic E-state index is 12.1. The molecule has 0 unspecified atom stereocenters. The molecule has 0 spiro atoms. The van der Waals surface area contributed by atoms with Crippen molar-refractivity contribution in [3.8, 4) is 5.75 Å². The number of hydrogen-bond acceptors (Lipinski definition) is 6. The molecule has 1 aromatic rings. The van der Waals surface area contributed by atoms with E-state index in [-0.39, 0.29) is 11.4 Å². The van der Waals surface area contributed by atoms with Gasteiger partial charge in [0, 0.05) is 19.2 Å². The molecule has 0 aromatic heterocycles. The Morgan fingerprint density at radius 3 is 2.57 bits per heavy atom. The van der Waals surface area contributed by atoms with E-state index in [9.17, 15) is 23.6 Å². The molecule has 1 rings (SSSR count). The number of ether oxygens (including phenoxy) is 1. The number of aromatic hydroxyl groups is 1. The quantitative estimate of drug-likeness (QED) is 0.579. The lowest BCUT2D eigenvalue weighted by atomic mass is 10.1. The lowest BCUT2D eigenvalue weighted by Crippen LogP contribution is -2.40. The Morgan fingerprint density at radius 2 is 2.05 bits per heavy atom. The van der Waals surface area contributed by atoms with Crippen molar-refractivity contribution in [1.29, 1.82) is 0 Å². The molecule has 9 heteroatoms. The highest BCUT2D eigenvalue weighted by Gasteiger charge is 2.25. The zero-order valence-electron chi connectivity index (χ0n) is 12.0. The monoisotopic (exact) mass is 318 g/mol. The van der Waals surface area contributed by atoms with Crippen molar-refractivity contribution in [2.45, 2.75) is 31.3 Å². The third-order valence-electron chi connectivity index (χ3n) is 2.68. The summed E-state index contributed by atoms with van der Waals surface area (Å²) >= 11 is 0. The number of nitrogens with one attached hydrogen (secondary N) is 1. The smallest absolute Gasteiger partial charge is 0.312 e. The van der Waals surface area contributed by atoms with E-state index in [1.807, 2.05) is 0 Å². The average Bonchev–Trinajstić information content (AvgIpc) is 2.36. The third kappa shape index (κ3) is 4.66. The zero-order valence-corrected chi connectivity index (χ0v) is 12.8. The largest absolute Gasteiger partial charge is 0.502 e. The highest BCUT2D eigenvalue weighted by Crippen LogP contribution is 2.28. The van der Waals surface area contributed by atoms with Gasteiger partial charge in [-0.2, -0.15) is 0 Å².